The highest BCUT2D eigenvalue weighted by molar-refractivity contribution is 5.83. The van der Waals surface area contributed by atoms with Crippen molar-refractivity contribution in [2.45, 2.75) is 87.1 Å². The molecule has 2 N–H and O–H groups in total. The number of aliphatic hydroxyl groups is 1. The maximum absolute atomic E-state index is 10.5. The van der Waals surface area contributed by atoms with E-state index in [2.05, 4.69) is 66.9 Å². The highest BCUT2D eigenvalue weighted by atomic mass is 16.5. The summed E-state index contributed by atoms with van der Waals surface area (Å²) in [6.45, 7) is 4.09. The Hall–Kier alpha value is -1.98. The van der Waals surface area contributed by atoms with Crippen molar-refractivity contribution in [3.63, 3.8) is 0 Å². The normalized spacial score (nSPS) is 41.3. The van der Waals surface area contributed by atoms with Crippen LogP contribution in [0.4, 0.5) is 0 Å². The van der Waals surface area contributed by atoms with E-state index in [0.29, 0.717) is 37.6 Å². The van der Waals surface area contributed by atoms with Gasteiger partial charge in [0, 0.05) is 12.6 Å². The van der Waals surface area contributed by atoms with Crippen LogP contribution in [0.3, 0.4) is 0 Å². The van der Waals surface area contributed by atoms with Crippen LogP contribution in [0.5, 0.6) is 0 Å². The van der Waals surface area contributed by atoms with Crippen LogP contribution in [-0.2, 0) is 9.47 Å². The maximum atomic E-state index is 10.5. The van der Waals surface area contributed by atoms with Gasteiger partial charge < -0.3 is 19.9 Å². The van der Waals surface area contributed by atoms with Gasteiger partial charge in [0.25, 0.3) is 0 Å². The van der Waals surface area contributed by atoms with Crippen LogP contribution in [0, 0.1) is 11.3 Å². The second-order valence-corrected chi connectivity index (χ2v) is 13.4. The number of fused-ring (bicyclic) bond motifs is 2. The number of rotatable bonds is 4. The van der Waals surface area contributed by atoms with Gasteiger partial charge >= 0.3 is 0 Å². The van der Waals surface area contributed by atoms with Crippen molar-refractivity contribution in [3.05, 3.63) is 71.3 Å². The molecule has 37 heavy (non-hydrogen) atoms. The van der Waals surface area contributed by atoms with E-state index in [1.807, 2.05) is 0 Å². The first-order chi connectivity index (χ1) is 17.9. The highest BCUT2D eigenvalue weighted by Gasteiger charge is 2.66. The third kappa shape index (κ3) is 3.22. The van der Waals surface area contributed by atoms with Crippen molar-refractivity contribution < 1.29 is 14.6 Å². The van der Waals surface area contributed by atoms with Gasteiger partial charge in [-0.1, -0.05) is 61.5 Å². The smallest absolute Gasteiger partial charge is 0.123 e. The SMILES string of the molecule is C[C@]12CC=C3C=C4CC[C@H](NCC5(O)COC5)C[C@]45CCC3(O5)[C@@H]1CCC2c1ccc2ccccc2c1. The zero-order valence-electron chi connectivity index (χ0n) is 22.0. The molecule has 2 bridgehead atoms. The van der Waals surface area contributed by atoms with E-state index in [4.69, 9.17) is 9.47 Å². The third-order valence-corrected chi connectivity index (χ3v) is 11.3. The molecule has 4 nitrogen and oxygen atoms in total. The number of hydrogen-bond acceptors (Lipinski definition) is 4. The predicted octanol–water partition coefficient (Wildman–Crippen LogP) is 5.80. The summed E-state index contributed by atoms with van der Waals surface area (Å²) < 4.78 is 12.7. The predicted molar refractivity (Wildman–Crippen MR) is 145 cm³/mol. The van der Waals surface area contributed by atoms with Crippen LogP contribution in [0.2, 0.25) is 0 Å². The summed E-state index contributed by atoms with van der Waals surface area (Å²) >= 11 is 0. The minimum absolute atomic E-state index is 0.120. The first-order valence-electron chi connectivity index (χ1n) is 14.6. The number of benzene rings is 2. The molecule has 6 atom stereocenters. The molecule has 8 rings (SSSR count). The van der Waals surface area contributed by atoms with Gasteiger partial charge in [0.2, 0.25) is 0 Å². The molecule has 2 spiro atoms. The van der Waals surface area contributed by atoms with E-state index in [-0.39, 0.29) is 16.6 Å². The minimum Gasteiger partial charge on any atom is -0.384 e. The second kappa shape index (κ2) is 7.79. The van der Waals surface area contributed by atoms with Crippen LogP contribution >= 0.6 is 0 Å². The zero-order valence-corrected chi connectivity index (χ0v) is 22.0. The van der Waals surface area contributed by atoms with Gasteiger partial charge in [0.05, 0.1) is 24.4 Å². The summed E-state index contributed by atoms with van der Waals surface area (Å²) in [5.74, 6) is 1.14. The lowest BCUT2D eigenvalue weighted by atomic mass is 9.58. The van der Waals surface area contributed by atoms with Crippen LogP contribution in [0.25, 0.3) is 10.8 Å². The molecule has 2 saturated carbocycles. The van der Waals surface area contributed by atoms with Crippen LogP contribution in [0.15, 0.2) is 65.8 Å². The van der Waals surface area contributed by atoms with Crippen molar-refractivity contribution in [1.82, 2.24) is 5.32 Å². The average molecular weight is 498 g/mol. The Labute approximate surface area is 220 Å². The molecule has 0 aromatic heterocycles. The maximum Gasteiger partial charge on any atom is 0.123 e. The molecule has 0 radical (unpaired) electrons. The third-order valence-electron chi connectivity index (χ3n) is 11.3. The van der Waals surface area contributed by atoms with Crippen molar-refractivity contribution in [1.29, 1.82) is 0 Å². The van der Waals surface area contributed by atoms with E-state index in [9.17, 15) is 5.11 Å². The molecule has 0 amide bonds. The molecule has 2 unspecified atom stereocenters. The number of allylic oxidation sites excluding steroid dienone is 1. The second-order valence-electron chi connectivity index (χ2n) is 13.4. The Morgan fingerprint density at radius 2 is 1.89 bits per heavy atom. The van der Waals surface area contributed by atoms with Crippen molar-refractivity contribution in [3.8, 4) is 0 Å². The molecular formula is C33H39NO3. The summed E-state index contributed by atoms with van der Waals surface area (Å²) in [7, 11) is 0. The fourth-order valence-electron chi connectivity index (χ4n) is 9.33. The lowest BCUT2D eigenvalue weighted by Gasteiger charge is -2.54. The first-order valence-corrected chi connectivity index (χ1v) is 14.6. The van der Waals surface area contributed by atoms with Crippen molar-refractivity contribution >= 4 is 10.8 Å². The van der Waals surface area contributed by atoms with E-state index in [1.54, 1.807) is 0 Å². The molecule has 2 aromatic carbocycles. The lowest BCUT2D eigenvalue weighted by molar-refractivity contribution is -0.177. The van der Waals surface area contributed by atoms with E-state index >= 15 is 0 Å². The van der Waals surface area contributed by atoms with Gasteiger partial charge in [-0.3, -0.25) is 0 Å². The fraction of sp³-hybridized carbons (Fsp3) is 0.576. The largest absolute Gasteiger partial charge is 0.384 e. The molecule has 6 aliphatic rings. The summed E-state index contributed by atoms with van der Waals surface area (Å²) in [5.41, 5.74) is 3.84. The summed E-state index contributed by atoms with van der Waals surface area (Å²) in [5, 5.41) is 16.9. The Bertz CT molecular complexity index is 1330. The zero-order chi connectivity index (χ0) is 24.9. The number of ether oxygens (including phenoxy) is 2. The van der Waals surface area contributed by atoms with Gasteiger partial charge in [0.15, 0.2) is 0 Å². The van der Waals surface area contributed by atoms with Crippen LogP contribution in [0.1, 0.15) is 69.8 Å². The molecule has 3 aliphatic heterocycles. The van der Waals surface area contributed by atoms with Gasteiger partial charge in [0.1, 0.15) is 5.60 Å². The van der Waals surface area contributed by atoms with Crippen LogP contribution < -0.4 is 5.32 Å². The Morgan fingerprint density at radius 3 is 2.73 bits per heavy atom. The molecule has 3 heterocycles. The standard InChI is InChI=1S/C33H39NO3/c1-30-13-12-26-17-25-8-9-27(34-19-31(35)20-36-21-31)18-32(25)14-15-33(26,37-32)29(30)11-10-28(30)24-7-6-22-4-2-3-5-23(22)16-24/h2-7,12,16-17,27-29,34-35H,8-11,13-15,18-21H2,1H3/t27-,28?,29+,30+,32+,33?/m0/s1. The molecule has 3 aliphatic carbocycles. The Kier molecular flexibility index (Phi) is 4.83. The Morgan fingerprint density at radius 1 is 1.03 bits per heavy atom. The lowest BCUT2D eigenvalue weighted by Crippen LogP contribution is -2.59. The van der Waals surface area contributed by atoms with Crippen LogP contribution in [-0.4, -0.2) is 47.7 Å². The molecule has 4 heteroatoms. The monoisotopic (exact) mass is 497 g/mol. The van der Waals surface area contributed by atoms with Gasteiger partial charge in [-0.15, -0.1) is 0 Å². The topological polar surface area (TPSA) is 50.7 Å². The molecule has 194 valence electrons. The molecular weight excluding hydrogens is 458 g/mol. The van der Waals surface area contributed by atoms with Gasteiger partial charge in [-0.2, -0.15) is 0 Å². The summed E-state index contributed by atoms with van der Waals surface area (Å²) in [6, 6.07) is 16.3. The van der Waals surface area contributed by atoms with E-state index in [0.717, 1.165) is 38.5 Å². The first kappa shape index (κ1) is 23.0. The summed E-state index contributed by atoms with van der Waals surface area (Å²) in [6.07, 6.45) is 14.3. The molecule has 2 saturated heterocycles. The Balaban J connectivity index is 1.09. The van der Waals surface area contributed by atoms with E-state index < -0.39 is 5.60 Å². The number of hydrogen-bond donors (Lipinski definition) is 2. The van der Waals surface area contributed by atoms with Gasteiger partial charge in [-0.05, 0) is 96.1 Å². The minimum atomic E-state index is -0.680. The van der Waals surface area contributed by atoms with Crippen molar-refractivity contribution in [2.75, 3.05) is 19.8 Å². The number of nitrogens with one attached hydrogen (secondary N) is 1. The molecule has 2 aromatic rings. The average Bonchev–Trinajstić information content (AvgIpc) is 3.41. The quantitative estimate of drug-likeness (QED) is 0.561. The van der Waals surface area contributed by atoms with Crippen molar-refractivity contribution in [2.24, 2.45) is 11.3 Å². The summed E-state index contributed by atoms with van der Waals surface area (Å²) in [4.78, 5) is 0. The highest BCUT2D eigenvalue weighted by Crippen LogP contribution is 2.69. The van der Waals surface area contributed by atoms with E-state index in [1.165, 1.54) is 40.3 Å². The fourth-order valence-corrected chi connectivity index (χ4v) is 9.33. The van der Waals surface area contributed by atoms with Gasteiger partial charge in [-0.25, -0.2) is 0 Å². The molecule has 4 fully saturated rings.